The van der Waals surface area contributed by atoms with Crippen molar-refractivity contribution in [1.82, 2.24) is 0 Å². The van der Waals surface area contributed by atoms with Gasteiger partial charge in [-0.15, -0.1) is 0 Å². The zero-order valence-corrected chi connectivity index (χ0v) is 12.4. The van der Waals surface area contributed by atoms with Crippen molar-refractivity contribution in [3.63, 3.8) is 0 Å². The Morgan fingerprint density at radius 2 is 2.26 bits per heavy atom. The van der Waals surface area contributed by atoms with Gasteiger partial charge in [-0.05, 0) is 37.5 Å². The molecule has 2 aliphatic rings. The summed E-state index contributed by atoms with van der Waals surface area (Å²) < 4.78 is 0. The fraction of sp³-hybridized carbons (Fsp3) is 0.667. The van der Waals surface area contributed by atoms with Crippen LogP contribution in [0.5, 0.6) is 0 Å². The number of hydrogen-bond donors (Lipinski definition) is 1. The third-order valence-corrected chi connectivity index (χ3v) is 4.72. The number of aliphatic hydroxyl groups excluding tert-OH is 1. The number of rotatable bonds is 6. The van der Waals surface area contributed by atoms with E-state index >= 15 is 0 Å². The Morgan fingerprint density at radius 3 is 3.05 bits per heavy atom. The molecule has 1 heteroatoms. The molecule has 0 aromatic carbocycles. The molecule has 1 saturated carbocycles. The highest BCUT2D eigenvalue weighted by molar-refractivity contribution is 5.25. The van der Waals surface area contributed by atoms with Crippen molar-refractivity contribution in [1.29, 1.82) is 0 Å². The molecule has 1 N–H and O–H groups in total. The molecule has 4 atom stereocenters. The largest absolute Gasteiger partial charge is 0.393 e. The highest BCUT2D eigenvalue weighted by atomic mass is 16.3. The number of aliphatic hydroxyl groups is 1. The fourth-order valence-electron chi connectivity index (χ4n) is 3.55. The van der Waals surface area contributed by atoms with E-state index in [0.717, 1.165) is 19.3 Å². The van der Waals surface area contributed by atoms with Crippen molar-refractivity contribution in [2.75, 3.05) is 0 Å². The van der Waals surface area contributed by atoms with Crippen LogP contribution in [0.25, 0.3) is 0 Å². The van der Waals surface area contributed by atoms with E-state index in [4.69, 9.17) is 0 Å². The quantitative estimate of drug-likeness (QED) is 0.545. The van der Waals surface area contributed by atoms with Crippen LogP contribution in [0.4, 0.5) is 0 Å². The monoisotopic (exact) mass is 260 g/mol. The van der Waals surface area contributed by atoms with Crippen LogP contribution < -0.4 is 0 Å². The molecule has 0 heterocycles. The summed E-state index contributed by atoms with van der Waals surface area (Å²) in [6.07, 6.45) is 20.4. The van der Waals surface area contributed by atoms with Crippen LogP contribution in [0.1, 0.15) is 52.4 Å². The Kier molecular flexibility index (Phi) is 5.04. The molecule has 0 radical (unpaired) electrons. The maximum Gasteiger partial charge on any atom is 0.0554 e. The van der Waals surface area contributed by atoms with Gasteiger partial charge in [0.2, 0.25) is 0 Å². The summed E-state index contributed by atoms with van der Waals surface area (Å²) in [6.45, 7) is 4.53. The van der Waals surface area contributed by atoms with Crippen LogP contribution in [0, 0.1) is 17.3 Å². The van der Waals surface area contributed by atoms with Gasteiger partial charge in [-0.25, -0.2) is 0 Å². The Bertz CT molecular complexity index is 366. The molecule has 0 aromatic rings. The van der Waals surface area contributed by atoms with E-state index in [1.165, 1.54) is 19.3 Å². The Labute approximate surface area is 118 Å². The standard InChI is InChI=1S/C18H28O/c1-3-4-8-15(2)9-5-6-11-18-12-7-10-16(18)13-17(19)14-18/h5-7,9,11-12,15-17,19H,3-4,8,10,13-14H2,1-2H3/b9-5+,11-6+/t15-,16?,17?,18?/m1/s1. The smallest absolute Gasteiger partial charge is 0.0554 e. The summed E-state index contributed by atoms with van der Waals surface area (Å²) in [5.74, 6) is 1.30. The molecule has 0 aliphatic heterocycles. The summed E-state index contributed by atoms with van der Waals surface area (Å²) in [5.41, 5.74) is 0.149. The molecule has 1 fully saturated rings. The second-order valence-corrected chi connectivity index (χ2v) is 6.40. The zero-order chi connectivity index (χ0) is 13.7. The molecule has 2 aliphatic carbocycles. The van der Waals surface area contributed by atoms with Crippen LogP contribution >= 0.6 is 0 Å². The topological polar surface area (TPSA) is 20.2 Å². The summed E-state index contributed by atoms with van der Waals surface area (Å²) in [5, 5.41) is 9.86. The van der Waals surface area contributed by atoms with Gasteiger partial charge < -0.3 is 5.11 Å². The van der Waals surface area contributed by atoms with E-state index < -0.39 is 0 Å². The second-order valence-electron chi connectivity index (χ2n) is 6.40. The van der Waals surface area contributed by atoms with Gasteiger partial charge in [0.25, 0.3) is 0 Å². The van der Waals surface area contributed by atoms with Crippen LogP contribution in [-0.4, -0.2) is 11.2 Å². The van der Waals surface area contributed by atoms with Crippen LogP contribution in [0.15, 0.2) is 36.5 Å². The highest BCUT2D eigenvalue weighted by Gasteiger charge is 2.44. The maximum atomic E-state index is 9.86. The van der Waals surface area contributed by atoms with Gasteiger partial charge in [-0.2, -0.15) is 0 Å². The predicted molar refractivity (Wildman–Crippen MR) is 81.9 cm³/mol. The molecule has 0 aromatic heterocycles. The van der Waals surface area contributed by atoms with Crippen molar-refractivity contribution in [2.45, 2.75) is 58.5 Å². The minimum Gasteiger partial charge on any atom is -0.393 e. The summed E-state index contributed by atoms with van der Waals surface area (Å²) in [4.78, 5) is 0. The molecule has 19 heavy (non-hydrogen) atoms. The molecular weight excluding hydrogens is 232 g/mol. The van der Waals surface area contributed by atoms with Gasteiger partial charge in [-0.3, -0.25) is 0 Å². The van der Waals surface area contributed by atoms with Crippen molar-refractivity contribution in [3.05, 3.63) is 36.5 Å². The van der Waals surface area contributed by atoms with E-state index in [2.05, 4.69) is 50.3 Å². The Balaban J connectivity index is 1.88. The molecular formula is C18H28O. The van der Waals surface area contributed by atoms with E-state index in [-0.39, 0.29) is 11.5 Å². The second kappa shape index (κ2) is 6.56. The molecule has 0 spiro atoms. The van der Waals surface area contributed by atoms with Crippen molar-refractivity contribution in [2.24, 2.45) is 17.3 Å². The Hall–Kier alpha value is -0.820. The molecule has 0 bridgehead atoms. The first-order valence-electron chi connectivity index (χ1n) is 7.88. The average Bonchev–Trinajstić information content (AvgIpc) is 2.88. The highest BCUT2D eigenvalue weighted by Crippen LogP contribution is 2.51. The van der Waals surface area contributed by atoms with Gasteiger partial charge >= 0.3 is 0 Å². The minimum absolute atomic E-state index is 0.105. The summed E-state index contributed by atoms with van der Waals surface area (Å²) >= 11 is 0. The fourth-order valence-corrected chi connectivity index (χ4v) is 3.55. The molecule has 2 rings (SSSR count). The lowest BCUT2D eigenvalue weighted by atomic mass is 9.80. The first kappa shape index (κ1) is 14.6. The zero-order valence-electron chi connectivity index (χ0n) is 12.4. The lowest BCUT2D eigenvalue weighted by molar-refractivity contribution is 0.173. The molecule has 1 nitrogen and oxygen atoms in total. The average molecular weight is 260 g/mol. The maximum absolute atomic E-state index is 9.86. The van der Waals surface area contributed by atoms with Gasteiger partial charge in [0, 0.05) is 5.41 Å². The van der Waals surface area contributed by atoms with Crippen molar-refractivity contribution < 1.29 is 5.11 Å². The van der Waals surface area contributed by atoms with E-state index in [0.29, 0.717) is 11.8 Å². The molecule has 0 amide bonds. The summed E-state index contributed by atoms with van der Waals surface area (Å²) in [7, 11) is 0. The molecule has 106 valence electrons. The SMILES string of the molecule is CCCC[C@@H](C)/C=C/C=C/C12C=CCC1CC(O)C2. The van der Waals surface area contributed by atoms with E-state index in [1.54, 1.807) is 0 Å². The van der Waals surface area contributed by atoms with E-state index in [1.807, 2.05) is 0 Å². The number of hydrogen-bond acceptors (Lipinski definition) is 1. The third kappa shape index (κ3) is 3.60. The number of fused-ring (bicyclic) bond motifs is 1. The Morgan fingerprint density at radius 1 is 1.42 bits per heavy atom. The van der Waals surface area contributed by atoms with Gasteiger partial charge in [-0.1, -0.05) is 63.1 Å². The molecule has 0 saturated heterocycles. The van der Waals surface area contributed by atoms with Gasteiger partial charge in [0.05, 0.1) is 6.10 Å². The van der Waals surface area contributed by atoms with E-state index in [9.17, 15) is 5.11 Å². The third-order valence-electron chi connectivity index (χ3n) is 4.72. The van der Waals surface area contributed by atoms with Crippen LogP contribution in [0.2, 0.25) is 0 Å². The first-order chi connectivity index (χ1) is 9.16. The van der Waals surface area contributed by atoms with Gasteiger partial charge in [0.15, 0.2) is 0 Å². The lowest BCUT2D eigenvalue weighted by Crippen LogP contribution is -2.16. The lowest BCUT2D eigenvalue weighted by Gasteiger charge is -2.23. The van der Waals surface area contributed by atoms with Crippen LogP contribution in [-0.2, 0) is 0 Å². The van der Waals surface area contributed by atoms with Crippen molar-refractivity contribution >= 4 is 0 Å². The number of unbranched alkanes of at least 4 members (excludes halogenated alkanes) is 1. The predicted octanol–water partition coefficient (Wildman–Crippen LogP) is 4.64. The first-order valence-corrected chi connectivity index (χ1v) is 7.88. The van der Waals surface area contributed by atoms with Gasteiger partial charge in [0.1, 0.15) is 0 Å². The normalized spacial score (nSPS) is 35.5. The van der Waals surface area contributed by atoms with Crippen molar-refractivity contribution in [3.8, 4) is 0 Å². The summed E-state index contributed by atoms with van der Waals surface area (Å²) in [6, 6.07) is 0. The number of allylic oxidation sites excluding steroid dienone is 6. The van der Waals surface area contributed by atoms with Crippen LogP contribution in [0.3, 0.4) is 0 Å². The molecule has 3 unspecified atom stereocenters. The minimum atomic E-state index is -0.105.